The average molecular weight is 413 g/mol. The summed E-state index contributed by atoms with van der Waals surface area (Å²) in [5.41, 5.74) is 1.42. The van der Waals surface area contributed by atoms with Gasteiger partial charge >= 0.3 is 0 Å². The number of halogens is 1. The molecule has 0 atom stereocenters. The molecule has 2 aromatic rings. The molecule has 1 amide bonds. The van der Waals surface area contributed by atoms with Crippen molar-refractivity contribution in [2.45, 2.75) is 48.3 Å². The second-order valence-corrected chi connectivity index (χ2v) is 9.78. The van der Waals surface area contributed by atoms with Crippen LogP contribution in [0.4, 0.5) is 4.39 Å². The summed E-state index contributed by atoms with van der Waals surface area (Å²) < 4.78 is 41.8. The van der Waals surface area contributed by atoms with Gasteiger partial charge in [-0.25, -0.2) is 23.0 Å². The van der Waals surface area contributed by atoms with Crippen LogP contribution in [0.3, 0.4) is 0 Å². The number of hydrogen-bond donors (Lipinski definition) is 3. The number of amides is 1. The van der Waals surface area contributed by atoms with Crippen LogP contribution in [-0.4, -0.2) is 25.1 Å². The number of thiophene rings is 1. The standard InChI is InChI=1S/C18H21FN2O4S2/c19-14-6-4-13(5-7-14)15-8-9-17(26-15)27(24,25)21-18(12-16(22)20-23)10-2-1-3-11-18/h4-9,21,23H,1-3,10-12H2,(H,20,22). The quantitative estimate of drug-likeness (QED) is 0.500. The van der Waals surface area contributed by atoms with Crippen molar-refractivity contribution in [2.75, 3.05) is 0 Å². The van der Waals surface area contributed by atoms with Crippen LogP contribution in [0.2, 0.25) is 0 Å². The predicted octanol–water partition coefficient (Wildman–Crippen LogP) is 3.43. The molecule has 6 nitrogen and oxygen atoms in total. The largest absolute Gasteiger partial charge is 0.289 e. The summed E-state index contributed by atoms with van der Waals surface area (Å²) in [6, 6.07) is 9.03. The van der Waals surface area contributed by atoms with E-state index in [1.54, 1.807) is 23.7 Å². The molecule has 1 fully saturated rings. The smallest absolute Gasteiger partial charge is 0.250 e. The highest BCUT2D eigenvalue weighted by Gasteiger charge is 2.38. The van der Waals surface area contributed by atoms with Gasteiger partial charge in [-0.05, 0) is 42.7 Å². The molecular formula is C18H21FN2O4S2. The molecule has 3 rings (SSSR count). The molecule has 27 heavy (non-hydrogen) atoms. The van der Waals surface area contributed by atoms with Crippen LogP contribution in [0, 0.1) is 5.82 Å². The minimum atomic E-state index is -3.83. The fourth-order valence-corrected chi connectivity index (χ4v) is 6.23. The number of carbonyl (C=O) groups is 1. The van der Waals surface area contributed by atoms with Crippen LogP contribution in [0.25, 0.3) is 10.4 Å². The zero-order chi connectivity index (χ0) is 19.5. The molecule has 1 heterocycles. The number of sulfonamides is 1. The van der Waals surface area contributed by atoms with Gasteiger partial charge < -0.3 is 0 Å². The normalized spacial score (nSPS) is 16.8. The molecule has 1 aliphatic carbocycles. The highest BCUT2D eigenvalue weighted by atomic mass is 32.2. The Bertz CT molecular complexity index is 904. The van der Waals surface area contributed by atoms with E-state index in [4.69, 9.17) is 5.21 Å². The third-order valence-electron chi connectivity index (χ3n) is 4.76. The molecule has 0 unspecified atom stereocenters. The van der Waals surface area contributed by atoms with Gasteiger partial charge in [0.25, 0.3) is 10.0 Å². The van der Waals surface area contributed by atoms with Crippen molar-refractivity contribution in [1.82, 2.24) is 10.2 Å². The molecule has 1 aromatic heterocycles. The van der Waals surface area contributed by atoms with E-state index in [0.29, 0.717) is 17.7 Å². The Morgan fingerprint density at radius 2 is 1.78 bits per heavy atom. The first kappa shape index (κ1) is 19.9. The fourth-order valence-electron chi connectivity index (χ4n) is 3.46. The molecule has 1 saturated carbocycles. The number of carbonyl (C=O) groups excluding carboxylic acids is 1. The second-order valence-electron chi connectivity index (χ2n) is 6.78. The third-order valence-corrected chi connectivity index (χ3v) is 7.96. The molecule has 1 aromatic carbocycles. The first-order chi connectivity index (χ1) is 12.8. The van der Waals surface area contributed by atoms with Crippen molar-refractivity contribution in [2.24, 2.45) is 0 Å². The highest BCUT2D eigenvalue weighted by molar-refractivity contribution is 7.91. The first-order valence-electron chi connectivity index (χ1n) is 8.66. The maximum atomic E-state index is 13.1. The van der Waals surface area contributed by atoms with Crippen molar-refractivity contribution < 1.29 is 22.8 Å². The maximum Gasteiger partial charge on any atom is 0.250 e. The Morgan fingerprint density at radius 1 is 1.11 bits per heavy atom. The lowest BCUT2D eigenvalue weighted by atomic mass is 9.80. The Labute approximate surface area is 161 Å². The van der Waals surface area contributed by atoms with Crippen LogP contribution in [0.15, 0.2) is 40.6 Å². The van der Waals surface area contributed by atoms with E-state index in [1.165, 1.54) is 18.2 Å². The summed E-state index contributed by atoms with van der Waals surface area (Å²) in [5, 5.41) is 8.84. The number of hydrogen-bond acceptors (Lipinski definition) is 5. The third kappa shape index (κ3) is 4.73. The summed E-state index contributed by atoms with van der Waals surface area (Å²) in [6.07, 6.45) is 3.57. The van der Waals surface area contributed by atoms with Crippen molar-refractivity contribution in [3.63, 3.8) is 0 Å². The SMILES string of the molecule is O=C(CC1(NS(=O)(=O)c2ccc(-c3ccc(F)cc3)s2)CCCCC1)NO. The zero-order valence-electron chi connectivity index (χ0n) is 14.6. The van der Waals surface area contributed by atoms with Gasteiger partial charge in [-0.2, -0.15) is 0 Å². The second kappa shape index (κ2) is 8.05. The van der Waals surface area contributed by atoms with Gasteiger partial charge in [0.15, 0.2) is 0 Å². The number of hydroxylamine groups is 1. The molecule has 1 aliphatic rings. The van der Waals surface area contributed by atoms with Crippen LogP contribution in [0.1, 0.15) is 38.5 Å². The fraction of sp³-hybridized carbons (Fsp3) is 0.389. The number of rotatable bonds is 6. The average Bonchev–Trinajstić information content (AvgIpc) is 3.13. The summed E-state index contributed by atoms with van der Waals surface area (Å²) >= 11 is 1.09. The molecule has 146 valence electrons. The Kier molecular flexibility index (Phi) is 5.95. The van der Waals surface area contributed by atoms with Crippen molar-refractivity contribution in [3.8, 4) is 10.4 Å². The summed E-state index contributed by atoms with van der Waals surface area (Å²) in [5.74, 6) is -0.969. The van der Waals surface area contributed by atoms with Crippen LogP contribution < -0.4 is 10.2 Å². The van der Waals surface area contributed by atoms with Gasteiger partial charge in [-0.1, -0.05) is 31.4 Å². The molecule has 3 N–H and O–H groups in total. The number of nitrogens with one attached hydrogen (secondary N) is 2. The van der Waals surface area contributed by atoms with Gasteiger partial charge in [-0.15, -0.1) is 11.3 Å². The van der Waals surface area contributed by atoms with E-state index in [2.05, 4.69) is 4.72 Å². The maximum absolute atomic E-state index is 13.1. The van der Waals surface area contributed by atoms with Gasteiger partial charge in [-0.3, -0.25) is 10.0 Å². The Balaban J connectivity index is 1.84. The van der Waals surface area contributed by atoms with Gasteiger partial charge in [0, 0.05) is 16.8 Å². The van der Waals surface area contributed by atoms with Gasteiger partial charge in [0.2, 0.25) is 5.91 Å². The van der Waals surface area contributed by atoms with E-state index >= 15 is 0 Å². The Hall–Kier alpha value is -1.81. The minimum absolute atomic E-state index is 0.112. The molecular weight excluding hydrogens is 391 g/mol. The molecule has 0 saturated heterocycles. The topological polar surface area (TPSA) is 95.5 Å². The highest BCUT2D eigenvalue weighted by Crippen LogP contribution is 2.35. The van der Waals surface area contributed by atoms with Gasteiger partial charge in [0.1, 0.15) is 10.0 Å². The summed E-state index contributed by atoms with van der Waals surface area (Å²) in [7, 11) is -3.83. The monoisotopic (exact) mass is 412 g/mol. The van der Waals surface area contributed by atoms with E-state index < -0.39 is 21.5 Å². The zero-order valence-corrected chi connectivity index (χ0v) is 16.2. The number of benzene rings is 1. The molecule has 0 radical (unpaired) electrons. The predicted molar refractivity (Wildman–Crippen MR) is 100 cm³/mol. The van der Waals surface area contributed by atoms with Crippen molar-refractivity contribution in [1.29, 1.82) is 0 Å². The molecule has 9 heteroatoms. The van der Waals surface area contributed by atoms with Crippen LogP contribution >= 0.6 is 11.3 Å². The first-order valence-corrected chi connectivity index (χ1v) is 11.0. The molecule has 0 spiro atoms. The Morgan fingerprint density at radius 3 is 2.41 bits per heavy atom. The minimum Gasteiger partial charge on any atom is -0.289 e. The van der Waals surface area contributed by atoms with E-state index in [1.807, 2.05) is 0 Å². The lowest BCUT2D eigenvalue weighted by Gasteiger charge is -2.36. The van der Waals surface area contributed by atoms with Crippen molar-refractivity contribution in [3.05, 3.63) is 42.2 Å². The van der Waals surface area contributed by atoms with E-state index in [-0.39, 0.29) is 16.4 Å². The van der Waals surface area contributed by atoms with E-state index in [9.17, 15) is 17.6 Å². The summed E-state index contributed by atoms with van der Waals surface area (Å²) in [4.78, 5) is 12.4. The van der Waals surface area contributed by atoms with Crippen molar-refractivity contribution >= 4 is 27.3 Å². The van der Waals surface area contributed by atoms with Gasteiger partial charge in [0.05, 0.1) is 0 Å². The lowest BCUT2D eigenvalue weighted by Crippen LogP contribution is -2.51. The molecule has 0 bridgehead atoms. The molecule has 0 aliphatic heterocycles. The lowest BCUT2D eigenvalue weighted by molar-refractivity contribution is -0.130. The van der Waals surface area contributed by atoms with Crippen LogP contribution in [0.5, 0.6) is 0 Å². The van der Waals surface area contributed by atoms with Crippen LogP contribution in [-0.2, 0) is 14.8 Å². The van der Waals surface area contributed by atoms with E-state index in [0.717, 1.165) is 36.2 Å². The summed E-state index contributed by atoms with van der Waals surface area (Å²) in [6.45, 7) is 0.